The van der Waals surface area contributed by atoms with Gasteiger partial charge in [-0.15, -0.1) is 11.1 Å². The number of fused-ring (bicyclic) bond motifs is 6. The SMILES string of the molecule is C[SiH]C.[Cl-].[Cl-].[Zr+3].[c-]1cccc2c1Cc1ccccc1-2.[c-]1cccc2c1Cc1ccccc1-2.c1cc[cH-]c1. The van der Waals surface area contributed by atoms with E-state index in [0.29, 0.717) is 0 Å². The first-order valence-electron chi connectivity index (χ1n) is 11.9. The van der Waals surface area contributed by atoms with Crippen LogP contribution in [0.25, 0.3) is 22.3 Å². The molecule has 2 radical (unpaired) electrons. The number of benzene rings is 4. The fraction of sp³-hybridized carbons (Fsp3) is 0.121. The van der Waals surface area contributed by atoms with E-state index in [4.69, 9.17) is 0 Å². The van der Waals surface area contributed by atoms with Gasteiger partial charge < -0.3 is 24.8 Å². The predicted molar refractivity (Wildman–Crippen MR) is 148 cm³/mol. The van der Waals surface area contributed by atoms with Gasteiger partial charge in [-0.3, -0.25) is 0 Å². The summed E-state index contributed by atoms with van der Waals surface area (Å²) in [4.78, 5) is 0. The Labute approximate surface area is 256 Å². The van der Waals surface area contributed by atoms with Gasteiger partial charge in [-0.1, -0.05) is 83.9 Å². The first-order valence-corrected chi connectivity index (χ1v) is 14.2. The molecule has 7 rings (SSSR count). The monoisotopic (exact) mass is 614 g/mol. The summed E-state index contributed by atoms with van der Waals surface area (Å²) in [5.41, 5.74) is 11.0. The third kappa shape index (κ3) is 8.72. The van der Waals surface area contributed by atoms with Gasteiger partial charge in [0.1, 0.15) is 0 Å². The maximum Gasteiger partial charge on any atom is 3.00 e. The Morgan fingerprint density at radius 1 is 0.568 bits per heavy atom. The Morgan fingerprint density at radius 2 is 0.946 bits per heavy atom. The van der Waals surface area contributed by atoms with Crippen molar-refractivity contribution in [2.24, 2.45) is 0 Å². The van der Waals surface area contributed by atoms with Gasteiger partial charge in [0.05, 0.1) is 0 Å². The molecule has 2 aliphatic rings. The van der Waals surface area contributed by atoms with Crippen LogP contribution in [0.3, 0.4) is 0 Å². The second kappa shape index (κ2) is 17.4. The van der Waals surface area contributed by atoms with Crippen LogP contribution in [0.2, 0.25) is 13.1 Å². The molecule has 37 heavy (non-hydrogen) atoms. The van der Waals surface area contributed by atoms with E-state index in [1.54, 1.807) is 0 Å². The average molecular weight is 617 g/mol. The third-order valence-electron chi connectivity index (χ3n) is 5.79. The molecule has 4 heteroatoms. The number of rotatable bonds is 0. The zero-order valence-electron chi connectivity index (χ0n) is 21.2. The molecule has 5 aromatic rings. The van der Waals surface area contributed by atoms with Crippen LogP contribution in [0.4, 0.5) is 0 Å². The number of hydrogen-bond donors (Lipinski definition) is 0. The maximum atomic E-state index is 3.30. The van der Waals surface area contributed by atoms with Gasteiger partial charge >= 0.3 is 26.2 Å². The second-order valence-corrected chi connectivity index (χ2v) is 9.49. The van der Waals surface area contributed by atoms with Gasteiger partial charge in [-0.2, -0.15) is 77.9 Å². The van der Waals surface area contributed by atoms with E-state index in [2.05, 4.69) is 98.0 Å². The Kier molecular flexibility index (Phi) is 15.5. The van der Waals surface area contributed by atoms with Crippen LogP contribution in [0.1, 0.15) is 22.3 Å². The van der Waals surface area contributed by atoms with Crippen LogP contribution in [-0.4, -0.2) is 9.52 Å². The topological polar surface area (TPSA) is 0 Å². The summed E-state index contributed by atoms with van der Waals surface area (Å²) in [6.07, 6.45) is 2.10. The fourth-order valence-electron chi connectivity index (χ4n) is 4.32. The first kappa shape index (κ1) is 32.9. The summed E-state index contributed by atoms with van der Waals surface area (Å²) in [5.74, 6) is 0. The molecule has 0 saturated heterocycles. The second-order valence-electron chi connectivity index (χ2n) is 8.33. The molecule has 0 fully saturated rings. The van der Waals surface area contributed by atoms with Crippen LogP contribution in [0.5, 0.6) is 0 Å². The van der Waals surface area contributed by atoms with Gasteiger partial charge in [0, 0.05) is 9.52 Å². The minimum atomic E-state index is 0. The Hall–Kier alpha value is -2.09. The van der Waals surface area contributed by atoms with Crippen LogP contribution in [0, 0.1) is 12.1 Å². The molecule has 186 valence electrons. The van der Waals surface area contributed by atoms with Gasteiger partial charge in [0.2, 0.25) is 0 Å². The summed E-state index contributed by atoms with van der Waals surface area (Å²) >= 11 is 0. The molecule has 0 nitrogen and oxygen atoms in total. The van der Waals surface area contributed by atoms with E-state index in [9.17, 15) is 0 Å². The average Bonchev–Trinajstić information content (AvgIpc) is 3.64. The van der Waals surface area contributed by atoms with E-state index < -0.39 is 0 Å². The largest absolute Gasteiger partial charge is 3.00 e. The molecular formula is C33H30Cl2SiZr-2. The molecular weight excluding hydrogens is 587 g/mol. The standard InChI is InChI=1S/2C13H9.C5H5.C2H7Si.2ClH.Zr/c2*1-3-7-12-10(5-1)9-11-6-2-4-8-13(11)12;1-2-4-5-3-1;1-3-2;;;/h2*1-5,7-8H,9H2;1-5H;3H,1-2H3;2*1H;/q3*-1;;;;+3/p-2. The Morgan fingerprint density at radius 3 is 1.32 bits per heavy atom. The minimum absolute atomic E-state index is 0. The fourth-order valence-corrected chi connectivity index (χ4v) is 4.32. The molecule has 0 aliphatic heterocycles. The maximum absolute atomic E-state index is 3.30. The summed E-state index contributed by atoms with van der Waals surface area (Å²) in [6, 6.07) is 46.2. The molecule has 0 bridgehead atoms. The molecule has 0 unspecified atom stereocenters. The van der Waals surface area contributed by atoms with Crippen molar-refractivity contribution in [3.05, 3.63) is 150 Å². The molecule has 0 aromatic heterocycles. The molecule has 2 aliphatic carbocycles. The molecule has 0 saturated carbocycles. The summed E-state index contributed by atoms with van der Waals surface area (Å²) in [5, 5.41) is 0. The van der Waals surface area contributed by atoms with Gasteiger partial charge in [-0.25, -0.2) is 12.1 Å². The molecule has 0 amide bonds. The van der Waals surface area contributed by atoms with E-state index in [0.717, 1.165) is 22.4 Å². The quantitative estimate of drug-likeness (QED) is 0.181. The van der Waals surface area contributed by atoms with Crippen LogP contribution < -0.4 is 24.8 Å². The van der Waals surface area contributed by atoms with Crippen molar-refractivity contribution in [1.29, 1.82) is 0 Å². The van der Waals surface area contributed by atoms with E-state index in [1.807, 2.05) is 42.5 Å². The van der Waals surface area contributed by atoms with E-state index in [1.165, 1.54) is 44.5 Å². The van der Waals surface area contributed by atoms with Crippen LogP contribution >= 0.6 is 0 Å². The summed E-state index contributed by atoms with van der Waals surface area (Å²) in [6.45, 7) is 4.42. The number of hydrogen-bond acceptors (Lipinski definition) is 0. The van der Waals surface area contributed by atoms with Crippen molar-refractivity contribution in [1.82, 2.24) is 0 Å². The molecule has 0 heterocycles. The Bertz CT molecular complexity index is 1120. The predicted octanol–water partition coefficient (Wildman–Crippen LogP) is 2.05. The van der Waals surface area contributed by atoms with Crippen LogP contribution in [-0.2, 0) is 39.0 Å². The van der Waals surface area contributed by atoms with Crippen molar-refractivity contribution < 1.29 is 51.0 Å². The van der Waals surface area contributed by atoms with Crippen molar-refractivity contribution in [2.75, 3.05) is 0 Å². The van der Waals surface area contributed by atoms with Crippen molar-refractivity contribution in [3.8, 4) is 22.3 Å². The summed E-state index contributed by atoms with van der Waals surface area (Å²) in [7, 11) is 0.750. The van der Waals surface area contributed by atoms with Crippen molar-refractivity contribution in [3.63, 3.8) is 0 Å². The zero-order valence-corrected chi connectivity index (χ0v) is 26.3. The molecule has 0 spiro atoms. The molecule has 0 atom stereocenters. The van der Waals surface area contributed by atoms with Crippen molar-refractivity contribution >= 4 is 9.52 Å². The minimum Gasteiger partial charge on any atom is -1.00 e. The van der Waals surface area contributed by atoms with Gasteiger partial charge in [0.15, 0.2) is 0 Å². The Balaban J connectivity index is 0.000000271. The summed E-state index contributed by atoms with van der Waals surface area (Å²) < 4.78 is 0. The van der Waals surface area contributed by atoms with Gasteiger partial charge in [0.25, 0.3) is 0 Å². The van der Waals surface area contributed by atoms with Gasteiger partial charge in [-0.05, 0) is 12.8 Å². The molecule has 5 aromatic carbocycles. The first-order chi connectivity index (χ1) is 16.8. The van der Waals surface area contributed by atoms with Crippen LogP contribution in [0.15, 0.2) is 115 Å². The van der Waals surface area contributed by atoms with Crippen molar-refractivity contribution in [2.45, 2.75) is 25.9 Å². The van der Waals surface area contributed by atoms with E-state index in [-0.39, 0.29) is 51.0 Å². The normalized spacial score (nSPS) is 10.2. The smallest absolute Gasteiger partial charge is 1.00 e. The number of halogens is 2. The zero-order chi connectivity index (χ0) is 23.6. The molecule has 0 N–H and O–H groups in total. The third-order valence-corrected chi connectivity index (χ3v) is 5.79. The van der Waals surface area contributed by atoms with E-state index >= 15 is 0 Å².